The second-order valence-corrected chi connectivity index (χ2v) is 6.74. The molecule has 3 aromatic rings. The molecule has 0 nitrogen and oxygen atoms in total. The van der Waals surface area contributed by atoms with Crippen LogP contribution in [0.1, 0.15) is 27.1 Å². The molecule has 0 aliphatic rings. The zero-order chi connectivity index (χ0) is 13.4. The van der Waals surface area contributed by atoms with Crippen molar-refractivity contribution in [3.63, 3.8) is 0 Å². The molecule has 2 aromatic carbocycles. The van der Waals surface area contributed by atoms with Crippen molar-refractivity contribution >= 4 is 37.4 Å². The van der Waals surface area contributed by atoms with Gasteiger partial charge in [-0.25, -0.2) is 0 Å². The molecule has 0 radical (unpaired) electrons. The average molecular weight is 331 g/mol. The van der Waals surface area contributed by atoms with Gasteiger partial charge in [0.25, 0.3) is 0 Å². The van der Waals surface area contributed by atoms with Crippen molar-refractivity contribution in [1.82, 2.24) is 0 Å². The van der Waals surface area contributed by atoms with Crippen LogP contribution in [0.4, 0.5) is 0 Å². The third-order valence-corrected chi connectivity index (χ3v) is 5.46. The number of hydrogen-bond acceptors (Lipinski definition) is 1. The highest BCUT2D eigenvalue weighted by Gasteiger charge is 2.16. The lowest BCUT2D eigenvalue weighted by molar-refractivity contribution is 1.15. The summed E-state index contributed by atoms with van der Waals surface area (Å²) >= 11 is 5.70. The van der Waals surface area contributed by atoms with Gasteiger partial charge in [0.2, 0.25) is 0 Å². The molecule has 1 atom stereocenters. The lowest BCUT2D eigenvalue weighted by atomic mass is 9.98. The van der Waals surface area contributed by atoms with Gasteiger partial charge in [-0.05, 0) is 47.4 Å². The zero-order valence-electron chi connectivity index (χ0n) is 11.0. The summed E-state index contributed by atoms with van der Waals surface area (Å²) in [5.41, 5.74) is 5.38. The first-order chi connectivity index (χ1) is 9.16. The van der Waals surface area contributed by atoms with Crippen LogP contribution in [-0.4, -0.2) is 0 Å². The Bertz CT molecular complexity index is 727. The summed E-state index contributed by atoms with van der Waals surface area (Å²) in [5.74, 6) is 0. The standard InChI is InChI=1S/C17H15BrS/c1-11-7-8-12(2)14(9-11)17(18)15-10-19-16-6-4-3-5-13(15)16/h3-10,17H,1-2H3. The van der Waals surface area contributed by atoms with Gasteiger partial charge in [-0.3, -0.25) is 0 Å². The highest BCUT2D eigenvalue weighted by Crippen LogP contribution is 2.39. The zero-order valence-corrected chi connectivity index (χ0v) is 13.4. The van der Waals surface area contributed by atoms with Crippen LogP contribution >= 0.6 is 27.3 Å². The number of halogens is 1. The van der Waals surface area contributed by atoms with Crippen molar-refractivity contribution in [2.45, 2.75) is 18.7 Å². The highest BCUT2D eigenvalue weighted by molar-refractivity contribution is 9.09. The van der Waals surface area contributed by atoms with Crippen LogP contribution in [0.15, 0.2) is 47.8 Å². The lowest BCUT2D eigenvalue weighted by Crippen LogP contribution is -1.95. The van der Waals surface area contributed by atoms with Crippen LogP contribution in [0.25, 0.3) is 10.1 Å². The summed E-state index contributed by atoms with van der Waals surface area (Å²) in [5, 5.41) is 3.63. The number of alkyl halides is 1. The molecule has 19 heavy (non-hydrogen) atoms. The van der Waals surface area contributed by atoms with E-state index in [0.717, 1.165) is 0 Å². The predicted molar refractivity (Wildman–Crippen MR) is 88.5 cm³/mol. The molecule has 0 aliphatic carbocycles. The minimum atomic E-state index is 0.267. The molecule has 0 saturated heterocycles. The van der Waals surface area contributed by atoms with E-state index in [-0.39, 0.29) is 4.83 Å². The molecule has 96 valence electrons. The van der Waals surface area contributed by atoms with Crippen LogP contribution < -0.4 is 0 Å². The maximum atomic E-state index is 3.89. The van der Waals surface area contributed by atoms with Crippen LogP contribution in [-0.2, 0) is 0 Å². The number of rotatable bonds is 2. The topological polar surface area (TPSA) is 0 Å². The van der Waals surface area contributed by atoms with Gasteiger partial charge in [0, 0.05) is 4.70 Å². The first kappa shape index (κ1) is 12.9. The smallest absolute Gasteiger partial charge is 0.0661 e. The third kappa shape index (κ3) is 2.35. The molecule has 1 aromatic heterocycles. The van der Waals surface area contributed by atoms with Crippen molar-refractivity contribution in [2.24, 2.45) is 0 Å². The number of hydrogen-bond donors (Lipinski definition) is 0. The van der Waals surface area contributed by atoms with Gasteiger partial charge in [0.1, 0.15) is 0 Å². The van der Waals surface area contributed by atoms with Crippen molar-refractivity contribution < 1.29 is 0 Å². The fourth-order valence-corrected chi connectivity index (χ4v) is 4.43. The van der Waals surface area contributed by atoms with Crippen LogP contribution in [0.5, 0.6) is 0 Å². The highest BCUT2D eigenvalue weighted by atomic mass is 79.9. The maximum absolute atomic E-state index is 3.89. The lowest BCUT2D eigenvalue weighted by Gasteiger charge is -2.13. The predicted octanol–water partition coefficient (Wildman–Crippen LogP) is 6.00. The Morgan fingerprint density at radius 1 is 1.00 bits per heavy atom. The van der Waals surface area contributed by atoms with E-state index in [4.69, 9.17) is 0 Å². The number of fused-ring (bicyclic) bond motifs is 1. The Hall–Kier alpha value is -1.12. The van der Waals surface area contributed by atoms with E-state index in [2.05, 4.69) is 77.6 Å². The Morgan fingerprint density at radius 3 is 2.63 bits per heavy atom. The molecule has 2 heteroatoms. The van der Waals surface area contributed by atoms with E-state index in [1.165, 1.54) is 32.3 Å². The van der Waals surface area contributed by atoms with Gasteiger partial charge in [-0.2, -0.15) is 0 Å². The molecule has 0 amide bonds. The van der Waals surface area contributed by atoms with Gasteiger partial charge in [0.05, 0.1) is 4.83 Å². The van der Waals surface area contributed by atoms with Crippen LogP contribution in [0.2, 0.25) is 0 Å². The van der Waals surface area contributed by atoms with Crippen molar-refractivity contribution in [2.75, 3.05) is 0 Å². The second-order valence-electron chi connectivity index (χ2n) is 4.91. The molecule has 0 fully saturated rings. The van der Waals surface area contributed by atoms with Crippen LogP contribution in [0.3, 0.4) is 0 Å². The molecule has 1 unspecified atom stereocenters. The molecule has 0 bridgehead atoms. The minimum absolute atomic E-state index is 0.267. The van der Waals surface area contributed by atoms with Gasteiger partial charge < -0.3 is 0 Å². The summed E-state index contributed by atoms with van der Waals surface area (Å²) in [4.78, 5) is 0.267. The van der Waals surface area contributed by atoms with Crippen molar-refractivity contribution in [3.05, 3.63) is 70.1 Å². The molecule has 0 saturated carbocycles. The van der Waals surface area contributed by atoms with Crippen molar-refractivity contribution in [1.29, 1.82) is 0 Å². The summed E-state index contributed by atoms with van der Waals surface area (Å²) in [6.07, 6.45) is 0. The van der Waals surface area contributed by atoms with Gasteiger partial charge in [0.15, 0.2) is 0 Å². The molecule has 0 N–H and O–H groups in total. The van der Waals surface area contributed by atoms with E-state index in [9.17, 15) is 0 Å². The van der Waals surface area contributed by atoms with Gasteiger partial charge in [-0.1, -0.05) is 57.9 Å². The molecule has 1 heterocycles. The monoisotopic (exact) mass is 330 g/mol. The van der Waals surface area contributed by atoms with Crippen LogP contribution in [0, 0.1) is 13.8 Å². The van der Waals surface area contributed by atoms with E-state index >= 15 is 0 Å². The summed E-state index contributed by atoms with van der Waals surface area (Å²) in [6.45, 7) is 4.33. The maximum Gasteiger partial charge on any atom is 0.0661 e. The Labute approximate surface area is 126 Å². The molecule has 0 spiro atoms. The summed E-state index contributed by atoms with van der Waals surface area (Å²) < 4.78 is 1.35. The second kappa shape index (κ2) is 5.10. The molecule has 0 aliphatic heterocycles. The number of benzene rings is 2. The number of aryl methyl sites for hydroxylation is 2. The average Bonchev–Trinajstić information content (AvgIpc) is 2.84. The normalized spacial score (nSPS) is 12.8. The van der Waals surface area contributed by atoms with Gasteiger partial charge >= 0.3 is 0 Å². The first-order valence-electron chi connectivity index (χ1n) is 6.34. The SMILES string of the molecule is Cc1ccc(C)c(C(Br)c2csc3ccccc23)c1. The van der Waals surface area contributed by atoms with Gasteiger partial charge in [-0.15, -0.1) is 11.3 Å². The van der Waals surface area contributed by atoms with E-state index in [0.29, 0.717) is 0 Å². The minimum Gasteiger partial charge on any atom is -0.143 e. The molecular weight excluding hydrogens is 316 g/mol. The fourth-order valence-electron chi connectivity index (χ4n) is 2.40. The quantitative estimate of drug-likeness (QED) is 0.505. The van der Waals surface area contributed by atoms with E-state index in [1.807, 2.05) is 11.3 Å². The Kier molecular flexibility index (Phi) is 3.46. The van der Waals surface area contributed by atoms with E-state index < -0.39 is 0 Å². The molecular formula is C17H15BrS. The molecule has 3 rings (SSSR count). The Balaban J connectivity index is 2.13. The fraction of sp³-hybridized carbons (Fsp3) is 0.176. The van der Waals surface area contributed by atoms with Crippen molar-refractivity contribution in [3.8, 4) is 0 Å². The van der Waals surface area contributed by atoms with E-state index in [1.54, 1.807) is 0 Å². The Morgan fingerprint density at radius 2 is 1.79 bits per heavy atom. The largest absolute Gasteiger partial charge is 0.143 e. The third-order valence-electron chi connectivity index (χ3n) is 3.49. The summed E-state index contributed by atoms with van der Waals surface area (Å²) in [6, 6.07) is 15.3. The number of thiophene rings is 1. The summed E-state index contributed by atoms with van der Waals surface area (Å²) in [7, 11) is 0. The first-order valence-corrected chi connectivity index (χ1v) is 8.13.